The summed E-state index contributed by atoms with van der Waals surface area (Å²) in [5.74, 6) is 0. The number of hydrogen-bond donors (Lipinski definition) is 1. The maximum atomic E-state index is 5.87. The summed E-state index contributed by atoms with van der Waals surface area (Å²) in [7, 11) is 0. The Morgan fingerprint density at radius 3 is 2.62 bits per heavy atom. The summed E-state index contributed by atoms with van der Waals surface area (Å²) in [5, 5.41) is 0. The summed E-state index contributed by atoms with van der Waals surface area (Å²) < 4.78 is 0. The van der Waals surface area contributed by atoms with E-state index >= 15 is 0 Å². The average Bonchev–Trinajstić information content (AvgIpc) is 2.16. The Hall–Kier alpha value is -1.34. The fraction of sp³-hybridized carbons (Fsp3) is 0.167. The van der Waals surface area contributed by atoms with Crippen molar-refractivity contribution in [2.45, 2.75) is 13.0 Å². The van der Waals surface area contributed by atoms with Crippen LogP contribution in [0, 0.1) is 0 Å². The van der Waals surface area contributed by atoms with Crippen molar-refractivity contribution in [1.29, 1.82) is 0 Å². The van der Waals surface area contributed by atoms with Crippen molar-refractivity contribution in [3.8, 4) is 0 Å². The van der Waals surface area contributed by atoms with Crippen LogP contribution in [0.25, 0.3) is 5.57 Å². The van der Waals surface area contributed by atoms with E-state index in [1.165, 1.54) is 0 Å². The van der Waals surface area contributed by atoms with Crippen LogP contribution in [0.15, 0.2) is 43.5 Å². The largest absolute Gasteiger partial charge is 0.321 e. The molecule has 1 heteroatoms. The molecule has 0 spiro atoms. The number of nitrogens with two attached hydrogens (primary N) is 1. The van der Waals surface area contributed by atoms with Crippen molar-refractivity contribution < 1.29 is 0 Å². The lowest BCUT2D eigenvalue weighted by Gasteiger charge is -2.12. The molecule has 1 rings (SSSR count). The number of hydrogen-bond acceptors (Lipinski definition) is 1. The SMILES string of the molecule is C=CC(N)c1ccccc1C(=C)C. The molecule has 2 N–H and O–H groups in total. The Kier molecular flexibility index (Phi) is 3.04. The van der Waals surface area contributed by atoms with Crippen molar-refractivity contribution in [3.63, 3.8) is 0 Å². The highest BCUT2D eigenvalue weighted by Gasteiger charge is 2.06. The second-order valence-electron chi connectivity index (χ2n) is 3.13. The lowest BCUT2D eigenvalue weighted by molar-refractivity contribution is 0.910. The molecule has 1 nitrogen and oxygen atoms in total. The van der Waals surface area contributed by atoms with Gasteiger partial charge in [0.1, 0.15) is 0 Å². The first-order valence-corrected chi connectivity index (χ1v) is 4.29. The van der Waals surface area contributed by atoms with Crippen LogP contribution >= 0.6 is 0 Å². The van der Waals surface area contributed by atoms with Gasteiger partial charge in [-0.1, -0.05) is 42.5 Å². The number of allylic oxidation sites excluding steroid dienone is 1. The van der Waals surface area contributed by atoms with Gasteiger partial charge in [0.05, 0.1) is 0 Å². The summed E-state index contributed by atoms with van der Waals surface area (Å²) in [5.41, 5.74) is 9.12. The van der Waals surface area contributed by atoms with Gasteiger partial charge in [-0.05, 0) is 18.1 Å². The fourth-order valence-corrected chi connectivity index (χ4v) is 1.30. The zero-order valence-electron chi connectivity index (χ0n) is 7.96. The van der Waals surface area contributed by atoms with Crippen LogP contribution in [-0.4, -0.2) is 0 Å². The Morgan fingerprint density at radius 1 is 1.46 bits per heavy atom. The molecule has 0 aromatic heterocycles. The average molecular weight is 173 g/mol. The smallest absolute Gasteiger partial charge is 0.0484 e. The van der Waals surface area contributed by atoms with Crippen molar-refractivity contribution >= 4 is 5.57 Å². The zero-order valence-corrected chi connectivity index (χ0v) is 7.96. The first kappa shape index (κ1) is 9.75. The second kappa shape index (κ2) is 4.06. The van der Waals surface area contributed by atoms with E-state index in [1.54, 1.807) is 6.08 Å². The molecule has 0 bridgehead atoms. The molecule has 0 aliphatic rings. The van der Waals surface area contributed by atoms with Gasteiger partial charge in [-0.15, -0.1) is 6.58 Å². The van der Waals surface area contributed by atoms with Gasteiger partial charge in [0.2, 0.25) is 0 Å². The van der Waals surface area contributed by atoms with Crippen LogP contribution in [0.4, 0.5) is 0 Å². The lowest BCUT2D eigenvalue weighted by atomic mass is 9.97. The summed E-state index contributed by atoms with van der Waals surface area (Å²) in [6.07, 6.45) is 1.74. The molecule has 0 heterocycles. The first-order chi connectivity index (χ1) is 6.16. The lowest BCUT2D eigenvalue weighted by Crippen LogP contribution is -2.08. The van der Waals surface area contributed by atoms with E-state index in [-0.39, 0.29) is 6.04 Å². The fourth-order valence-electron chi connectivity index (χ4n) is 1.30. The predicted octanol–water partition coefficient (Wildman–Crippen LogP) is 2.91. The molecule has 0 amide bonds. The first-order valence-electron chi connectivity index (χ1n) is 4.29. The van der Waals surface area contributed by atoms with Crippen LogP contribution in [0.1, 0.15) is 24.1 Å². The maximum absolute atomic E-state index is 5.87. The van der Waals surface area contributed by atoms with E-state index in [2.05, 4.69) is 13.2 Å². The van der Waals surface area contributed by atoms with E-state index in [1.807, 2.05) is 31.2 Å². The highest BCUT2D eigenvalue weighted by atomic mass is 14.6. The summed E-state index contributed by atoms with van der Waals surface area (Å²) in [4.78, 5) is 0. The molecule has 13 heavy (non-hydrogen) atoms. The van der Waals surface area contributed by atoms with E-state index in [4.69, 9.17) is 5.73 Å². The predicted molar refractivity (Wildman–Crippen MR) is 58.3 cm³/mol. The Morgan fingerprint density at radius 2 is 2.08 bits per heavy atom. The van der Waals surface area contributed by atoms with Gasteiger partial charge in [-0.3, -0.25) is 0 Å². The van der Waals surface area contributed by atoms with Gasteiger partial charge in [0.15, 0.2) is 0 Å². The van der Waals surface area contributed by atoms with E-state index in [0.29, 0.717) is 0 Å². The van der Waals surface area contributed by atoms with Crippen molar-refractivity contribution in [2.24, 2.45) is 5.73 Å². The van der Waals surface area contributed by atoms with Gasteiger partial charge in [0.25, 0.3) is 0 Å². The number of benzene rings is 1. The van der Waals surface area contributed by atoms with Gasteiger partial charge < -0.3 is 5.73 Å². The quantitative estimate of drug-likeness (QED) is 0.699. The normalized spacial score (nSPS) is 12.2. The molecule has 0 fully saturated rings. The van der Waals surface area contributed by atoms with Crippen LogP contribution in [0.5, 0.6) is 0 Å². The van der Waals surface area contributed by atoms with E-state index < -0.39 is 0 Å². The highest BCUT2D eigenvalue weighted by Crippen LogP contribution is 2.22. The maximum Gasteiger partial charge on any atom is 0.0484 e. The standard InChI is InChI=1S/C12H15N/c1-4-12(13)11-8-6-5-7-10(11)9(2)3/h4-8,12H,1-2,13H2,3H3. The van der Waals surface area contributed by atoms with Gasteiger partial charge >= 0.3 is 0 Å². The molecular formula is C12H15N. The summed E-state index contributed by atoms with van der Waals surface area (Å²) in [6, 6.07) is 7.90. The molecule has 0 saturated carbocycles. The molecule has 1 atom stereocenters. The summed E-state index contributed by atoms with van der Waals surface area (Å²) in [6.45, 7) is 9.58. The number of rotatable bonds is 3. The molecule has 1 aromatic rings. The zero-order chi connectivity index (χ0) is 9.84. The van der Waals surface area contributed by atoms with Crippen molar-refractivity contribution in [3.05, 3.63) is 54.6 Å². The monoisotopic (exact) mass is 173 g/mol. The molecule has 68 valence electrons. The molecule has 1 aromatic carbocycles. The Bertz CT molecular complexity index is 326. The molecular weight excluding hydrogens is 158 g/mol. The minimum atomic E-state index is -0.104. The van der Waals surface area contributed by atoms with Gasteiger partial charge in [-0.25, -0.2) is 0 Å². The molecule has 1 unspecified atom stereocenters. The van der Waals surface area contributed by atoms with Crippen LogP contribution in [0.2, 0.25) is 0 Å². The topological polar surface area (TPSA) is 26.0 Å². The van der Waals surface area contributed by atoms with Crippen molar-refractivity contribution in [1.82, 2.24) is 0 Å². The third-order valence-corrected chi connectivity index (χ3v) is 2.03. The summed E-state index contributed by atoms with van der Waals surface area (Å²) >= 11 is 0. The molecule has 0 radical (unpaired) electrons. The third kappa shape index (κ3) is 2.07. The van der Waals surface area contributed by atoms with E-state index in [9.17, 15) is 0 Å². The van der Waals surface area contributed by atoms with Crippen molar-refractivity contribution in [2.75, 3.05) is 0 Å². The van der Waals surface area contributed by atoms with Gasteiger partial charge in [0, 0.05) is 6.04 Å². The van der Waals surface area contributed by atoms with Crippen LogP contribution in [0.3, 0.4) is 0 Å². The molecule has 0 aliphatic heterocycles. The minimum Gasteiger partial charge on any atom is -0.321 e. The third-order valence-electron chi connectivity index (χ3n) is 2.03. The van der Waals surface area contributed by atoms with E-state index in [0.717, 1.165) is 16.7 Å². The molecule has 0 saturated heterocycles. The Balaban J connectivity index is 3.19. The minimum absolute atomic E-state index is 0.104. The van der Waals surface area contributed by atoms with Gasteiger partial charge in [-0.2, -0.15) is 0 Å². The van der Waals surface area contributed by atoms with Crippen LogP contribution < -0.4 is 5.73 Å². The highest BCUT2D eigenvalue weighted by molar-refractivity contribution is 5.65. The second-order valence-corrected chi connectivity index (χ2v) is 3.13. The Labute approximate surface area is 79.6 Å². The molecule has 0 aliphatic carbocycles. The van der Waals surface area contributed by atoms with Crippen LogP contribution in [-0.2, 0) is 0 Å².